The van der Waals surface area contributed by atoms with Gasteiger partial charge in [-0.05, 0) is 12.3 Å². The van der Waals surface area contributed by atoms with Crippen molar-refractivity contribution in [3.8, 4) is 0 Å². The lowest BCUT2D eigenvalue weighted by atomic mass is 10.1. The molecule has 0 amide bonds. The van der Waals surface area contributed by atoms with Crippen molar-refractivity contribution < 1.29 is 28.9 Å². The van der Waals surface area contributed by atoms with Gasteiger partial charge in [-0.3, -0.25) is 19.1 Å². The Labute approximate surface area is 147 Å². The van der Waals surface area contributed by atoms with Crippen molar-refractivity contribution in [3.63, 3.8) is 0 Å². The summed E-state index contributed by atoms with van der Waals surface area (Å²) in [4.78, 5) is 36.4. The Bertz CT molecular complexity index is 762. The summed E-state index contributed by atoms with van der Waals surface area (Å²) < 4.78 is 24.3. The van der Waals surface area contributed by atoms with Gasteiger partial charge in [0.2, 0.25) is 5.82 Å². The van der Waals surface area contributed by atoms with Gasteiger partial charge in [0.25, 0.3) is 5.56 Å². The number of nitrogens with one attached hydrogen (secondary N) is 1. The van der Waals surface area contributed by atoms with Crippen LogP contribution < -0.4 is 17.0 Å². The fraction of sp³-hybridized carbons (Fsp3) is 0.667. The number of carbonyl (C=O) groups excluding carboxylic acids is 1. The van der Waals surface area contributed by atoms with Crippen molar-refractivity contribution in [2.75, 3.05) is 6.61 Å². The van der Waals surface area contributed by atoms with E-state index >= 15 is 0 Å². The molecule has 5 atom stereocenters. The van der Waals surface area contributed by atoms with Crippen LogP contribution in [0.4, 0.5) is 4.39 Å². The van der Waals surface area contributed by atoms with Crippen LogP contribution >= 0.6 is 0 Å². The first-order chi connectivity index (χ1) is 12.1. The molecule has 0 aromatic carbocycles. The number of H-pyrrole nitrogens is 1. The number of carbonyl (C=O) groups is 1. The van der Waals surface area contributed by atoms with Crippen LogP contribution in [0.5, 0.6) is 0 Å². The number of hydrogen-bond donors (Lipinski definition) is 4. The van der Waals surface area contributed by atoms with Gasteiger partial charge in [-0.25, -0.2) is 4.79 Å². The maximum Gasteiger partial charge on any atom is 0.330 e. The van der Waals surface area contributed by atoms with Crippen LogP contribution in [0, 0.1) is 11.7 Å². The molecule has 0 spiro atoms. The summed E-state index contributed by atoms with van der Waals surface area (Å²) in [5.41, 5.74) is 3.44. The van der Waals surface area contributed by atoms with Crippen molar-refractivity contribution in [2.45, 2.75) is 50.8 Å². The number of halogens is 1. The molecule has 1 saturated heterocycles. The van der Waals surface area contributed by atoms with E-state index in [-0.39, 0.29) is 5.92 Å². The van der Waals surface area contributed by atoms with Crippen molar-refractivity contribution in [1.29, 1.82) is 0 Å². The predicted molar refractivity (Wildman–Crippen MR) is 85.6 cm³/mol. The second kappa shape index (κ2) is 8.08. The fourth-order valence-electron chi connectivity index (χ4n) is 2.62. The zero-order valence-corrected chi connectivity index (χ0v) is 14.3. The highest BCUT2D eigenvalue weighted by molar-refractivity contribution is 5.75. The average molecular weight is 375 g/mol. The minimum atomic E-state index is -1.61. The third kappa shape index (κ3) is 4.36. The highest BCUT2D eigenvalue weighted by Gasteiger charge is 2.45. The van der Waals surface area contributed by atoms with Crippen LogP contribution in [0.1, 0.15) is 26.5 Å². The van der Waals surface area contributed by atoms with Gasteiger partial charge in [0.15, 0.2) is 6.23 Å². The maximum absolute atomic E-state index is 13.4. The molecule has 2 unspecified atom stereocenters. The molecule has 146 valence electrons. The Morgan fingerprint density at radius 3 is 2.69 bits per heavy atom. The number of aliphatic hydroxyl groups is 2. The molecule has 1 aliphatic rings. The Hall–Kier alpha value is -2.08. The molecule has 1 aromatic heterocycles. The number of aromatic amines is 1. The molecule has 0 aliphatic carbocycles. The van der Waals surface area contributed by atoms with Gasteiger partial charge in [-0.1, -0.05) is 13.8 Å². The van der Waals surface area contributed by atoms with Crippen LogP contribution in [0.3, 0.4) is 0 Å². The zero-order valence-electron chi connectivity index (χ0n) is 14.3. The van der Waals surface area contributed by atoms with Crippen LogP contribution in [0.25, 0.3) is 0 Å². The largest absolute Gasteiger partial charge is 0.462 e. The van der Waals surface area contributed by atoms with E-state index in [0.29, 0.717) is 17.2 Å². The minimum Gasteiger partial charge on any atom is -0.462 e. The van der Waals surface area contributed by atoms with Gasteiger partial charge in [0.1, 0.15) is 31.0 Å². The molecule has 1 aliphatic heterocycles. The third-order valence-electron chi connectivity index (χ3n) is 3.95. The van der Waals surface area contributed by atoms with Crippen molar-refractivity contribution in [2.24, 2.45) is 11.7 Å². The first kappa shape index (κ1) is 20.2. The molecular weight excluding hydrogens is 353 g/mol. The number of ether oxygens (including phenoxy) is 2. The van der Waals surface area contributed by atoms with E-state index in [1.165, 1.54) is 0 Å². The SMILES string of the molecule is CC(C)C[C@H](N)C(=O)OC[C@@H]1O[C@H](n2cc(F)c(=O)[nH]c2=O)C(O)C1O. The molecule has 26 heavy (non-hydrogen) atoms. The van der Waals surface area contributed by atoms with E-state index in [1.807, 2.05) is 13.8 Å². The molecule has 0 saturated carbocycles. The summed E-state index contributed by atoms with van der Waals surface area (Å²) in [6.45, 7) is 3.36. The molecular formula is C15H22FN3O7. The van der Waals surface area contributed by atoms with E-state index < -0.39 is 60.2 Å². The smallest absolute Gasteiger partial charge is 0.330 e. The van der Waals surface area contributed by atoms with Crippen LogP contribution in [0.2, 0.25) is 0 Å². The summed E-state index contributed by atoms with van der Waals surface area (Å²) in [7, 11) is 0. The zero-order chi connectivity index (χ0) is 19.6. The standard InChI is InChI=1S/C15H22FN3O7/c1-6(2)3-8(17)14(23)25-5-9-10(20)11(21)13(26-9)19-4-7(16)12(22)18-15(19)24/h4,6,8-11,13,20-21H,3,5,17H2,1-2H3,(H,18,22,24)/t8-,9-,10?,11?,13-/m0/s1. The maximum atomic E-state index is 13.4. The van der Waals surface area contributed by atoms with Crippen molar-refractivity contribution >= 4 is 5.97 Å². The number of aromatic nitrogens is 2. The summed E-state index contributed by atoms with van der Waals surface area (Å²) >= 11 is 0. The normalized spacial score (nSPS) is 26.9. The van der Waals surface area contributed by atoms with Gasteiger partial charge in [0, 0.05) is 0 Å². The molecule has 0 bridgehead atoms. The summed E-state index contributed by atoms with van der Waals surface area (Å²) in [5, 5.41) is 20.1. The Morgan fingerprint density at radius 1 is 1.42 bits per heavy atom. The second-order valence-electron chi connectivity index (χ2n) is 6.56. The van der Waals surface area contributed by atoms with Gasteiger partial charge in [-0.15, -0.1) is 0 Å². The van der Waals surface area contributed by atoms with E-state index in [0.717, 1.165) is 0 Å². The lowest BCUT2D eigenvalue weighted by molar-refractivity contribution is -0.152. The summed E-state index contributed by atoms with van der Waals surface area (Å²) in [5.74, 6) is -1.77. The monoisotopic (exact) mass is 375 g/mol. The summed E-state index contributed by atoms with van der Waals surface area (Å²) in [6, 6.07) is -0.842. The summed E-state index contributed by atoms with van der Waals surface area (Å²) in [6.07, 6.45) is -4.76. The Morgan fingerprint density at radius 2 is 2.08 bits per heavy atom. The Kier molecular flexibility index (Phi) is 6.29. The quantitative estimate of drug-likeness (QED) is 0.425. The van der Waals surface area contributed by atoms with Gasteiger partial charge >= 0.3 is 11.7 Å². The highest BCUT2D eigenvalue weighted by atomic mass is 19.1. The lowest BCUT2D eigenvalue weighted by Crippen LogP contribution is -2.39. The molecule has 0 radical (unpaired) electrons. The number of esters is 1. The number of aliphatic hydroxyl groups excluding tert-OH is 2. The molecule has 2 heterocycles. The minimum absolute atomic E-state index is 0.180. The van der Waals surface area contributed by atoms with Gasteiger partial charge in [-0.2, -0.15) is 4.39 Å². The number of hydrogen-bond acceptors (Lipinski definition) is 8. The van der Waals surface area contributed by atoms with Crippen LogP contribution in [-0.4, -0.2) is 56.7 Å². The molecule has 1 aromatic rings. The predicted octanol–water partition coefficient (Wildman–Crippen LogP) is -1.79. The van der Waals surface area contributed by atoms with E-state index in [4.69, 9.17) is 15.2 Å². The first-order valence-corrected chi connectivity index (χ1v) is 8.06. The van der Waals surface area contributed by atoms with Gasteiger partial charge < -0.3 is 25.4 Å². The molecule has 5 N–H and O–H groups in total. The van der Waals surface area contributed by atoms with E-state index in [1.54, 1.807) is 4.98 Å². The van der Waals surface area contributed by atoms with E-state index in [2.05, 4.69) is 0 Å². The third-order valence-corrected chi connectivity index (χ3v) is 3.95. The number of rotatable bonds is 6. The lowest BCUT2D eigenvalue weighted by Gasteiger charge is -2.18. The number of nitrogens with two attached hydrogens (primary N) is 1. The van der Waals surface area contributed by atoms with E-state index in [9.17, 15) is 29.0 Å². The van der Waals surface area contributed by atoms with Crippen LogP contribution in [-0.2, 0) is 14.3 Å². The average Bonchev–Trinajstić information content (AvgIpc) is 2.83. The molecule has 11 heteroatoms. The second-order valence-corrected chi connectivity index (χ2v) is 6.56. The first-order valence-electron chi connectivity index (χ1n) is 8.06. The Balaban J connectivity index is 2.06. The van der Waals surface area contributed by atoms with Gasteiger partial charge in [0.05, 0.1) is 6.20 Å². The molecule has 2 rings (SSSR count). The molecule has 10 nitrogen and oxygen atoms in total. The van der Waals surface area contributed by atoms with Crippen molar-refractivity contribution in [3.05, 3.63) is 32.9 Å². The molecule has 1 fully saturated rings. The topological polar surface area (TPSA) is 157 Å². The van der Waals surface area contributed by atoms with Crippen molar-refractivity contribution in [1.82, 2.24) is 9.55 Å². The van der Waals surface area contributed by atoms with Crippen LogP contribution in [0.15, 0.2) is 15.8 Å². The fourth-order valence-corrected chi connectivity index (χ4v) is 2.62. The number of nitrogens with zero attached hydrogens (tertiary/aromatic N) is 1. The highest BCUT2D eigenvalue weighted by Crippen LogP contribution is 2.28.